The summed E-state index contributed by atoms with van der Waals surface area (Å²) in [6, 6.07) is 19.5. The maximum absolute atomic E-state index is 6.13. The molecule has 0 radical (unpaired) electrons. The number of hydrogen-bond donors (Lipinski definition) is 0. The summed E-state index contributed by atoms with van der Waals surface area (Å²) >= 11 is 7.72. The second-order valence-corrected chi connectivity index (χ2v) is 8.69. The molecule has 160 valence electrons. The average Bonchev–Trinajstić information content (AvgIpc) is 3.41. The maximum atomic E-state index is 6.13. The predicted molar refractivity (Wildman–Crippen MR) is 128 cm³/mol. The number of thioether (sulfide) groups is 1. The Bertz CT molecular complexity index is 1390. The van der Waals surface area contributed by atoms with Gasteiger partial charge >= 0.3 is 0 Å². The van der Waals surface area contributed by atoms with Gasteiger partial charge in [0.1, 0.15) is 11.4 Å². The van der Waals surface area contributed by atoms with E-state index in [-0.39, 0.29) is 0 Å². The fourth-order valence-corrected chi connectivity index (χ4v) is 4.52. The number of fused-ring (bicyclic) bond motifs is 1. The SMILES string of the molecule is COc1ccccc1-c1nnc(SCc2cn3cc(C)ccc3n2)n1-c1ccc(Cl)cc1. The average molecular weight is 462 g/mol. The summed E-state index contributed by atoms with van der Waals surface area (Å²) < 4.78 is 9.65. The number of hydrogen-bond acceptors (Lipinski definition) is 5. The van der Waals surface area contributed by atoms with Crippen molar-refractivity contribution in [3.8, 4) is 22.8 Å². The van der Waals surface area contributed by atoms with Crippen molar-refractivity contribution in [3.63, 3.8) is 0 Å². The Morgan fingerprint density at radius 2 is 1.78 bits per heavy atom. The molecule has 6 nitrogen and oxygen atoms in total. The molecule has 0 amide bonds. The van der Waals surface area contributed by atoms with Crippen LogP contribution in [0.4, 0.5) is 0 Å². The Morgan fingerprint density at radius 3 is 2.59 bits per heavy atom. The van der Waals surface area contributed by atoms with Crippen molar-refractivity contribution < 1.29 is 4.74 Å². The first-order valence-corrected chi connectivity index (χ1v) is 11.4. The molecule has 0 aliphatic heterocycles. The highest BCUT2D eigenvalue weighted by atomic mass is 35.5. The summed E-state index contributed by atoms with van der Waals surface area (Å²) in [6.45, 7) is 2.07. The molecule has 3 heterocycles. The van der Waals surface area contributed by atoms with Crippen molar-refractivity contribution in [2.45, 2.75) is 17.8 Å². The summed E-state index contributed by atoms with van der Waals surface area (Å²) in [6.07, 6.45) is 4.13. The number of pyridine rings is 1. The quantitative estimate of drug-likeness (QED) is 0.297. The van der Waals surface area contributed by atoms with Gasteiger partial charge < -0.3 is 9.14 Å². The van der Waals surface area contributed by atoms with Gasteiger partial charge in [0, 0.05) is 28.9 Å². The van der Waals surface area contributed by atoms with E-state index in [9.17, 15) is 0 Å². The molecular weight excluding hydrogens is 442 g/mol. The highest BCUT2D eigenvalue weighted by Gasteiger charge is 2.19. The minimum atomic E-state index is 0.665. The van der Waals surface area contributed by atoms with E-state index in [4.69, 9.17) is 21.3 Å². The van der Waals surface area contributed by atoms with Crippen LogP contribution in [0.1, 0.15) is 11.3 Å². The van der Waals surface area contributed by atoms with Crippen molar-refractivity contribution in [1.82, 2.24) is 24.1 Å². The minimum Gasteiger partial charge on any atom is -0.496 e. The lowest BCUT2D eigenvalue weighted by Gasteiger charge is -2.12. The molecule has 0 saturated carbocycles. The summed E-state index contributed by atoms with van der Waals surface area (Å²) in [7, 11) is 1.66. The number of nitrogens with zero attached hydrogens (tertiary/aromatic N) is 5. The molecule has 0 bridgehead atoms. The van der Waals surface area contributed by atoms with Crippen LogP contribution in [-0.2, 0) is 5.75 Å². The Hall–Kier alpha value is -3.29. The summed E-state index contributed by atoms with van der Waals surface area (Å²) in [5.74, 6) is 2.11. The Morgan fingerprint density at radius 1 is 0.969 bits per heavy atom. The molecule has 5 aromatic rings. The molecule has 0 atom stereocenters. The number of imidazole rings is 1. The van der Waals surface area contributed by atoms with Gasteiger partial charge in [0.05, 0.1) is 18.4 Å². The van der Waals surface area contributed by atoms with Crippen molar-refractivity contribution in [1.29, 1.82) is 0 Å². The van der Waals surface area contributed by atoms with Crippen LogP contribution in [0.2, 0.25) is 5.02 Å². The van der Waals surface area contributed by atoms with Crippen LogP contribution < -0.4 is 4.74 Å². The molecular formula is C24H20ClN5OS. The van der Waals surface area contributed by atoms with Crippen LogP contribution in [0, 0.1) is 6.92 Å². The number of methoxy groups -OCH3 is 1. The first-order valence-electron chi connectivity index (χ1n) is 10.0. The second-order valence-electron chi connectivity index (χ2n) is 7.31. The third-order valence-corrected chi connectivity index (χ3v) is 6.28. The van der Waals surface area contributed by atoms with Crippen LogP contribution in [0.5, 0.6) is 5.75 Å². The van der Waals surface area contributed by atoms with Crippen LogP contribution in [0.15, 0.2) is 78.2 Å². The Kier molecular flexibility index (Phi) is 5.59. The monoisotopic (exact) mass is 461 g/mol. The fraction of sp³-hybridized carbons (Fsp3) is 0.125. The first-order chi connectivity index (χ1) is 15.6. The summed E-state index contributed by atoms with van der Waals surface area (Å²) in [4.78, 5) is 4.72. The van der Waals surface area contributed by atoms with E-state index in [1.165, 1.54) is 5.56 Å². The molecule has 0 aliphatic rings. The highest BCUT2D eigenvalue weighted by molar-refractivity contribution is 7.98. The smallest absolute Gasteiger partial charge is 0.196 e. The van der Waals surface area contributed by atoms with E-state index in [1.807, 2.05) is 59.2 Å². The van der Waals surface area contributed by atoms with E-state index >= 15 is 0 Å². The molecule has 8 heteroatoms. The van der Waals surface area contributed by atoms with E-state index in [0.717, 1.165) is 33.5 Å². The van der Waals surface area contributed by atoms with E-state index < -0.39 is 0 Å². The van der Waals surface area contributed by atoms with Gasteiger partial charge in [-0.1, -0.05) is 41.6 Å². The summed E-state index contributed by atoms with van der Waals surface area (Å²) in [5.41, 5.74) is 4.89. The minimum absolute atomic E-state index is 0.665. The molecule has 5 rings (SSSR count). The predicted octanol–water partition coefficient (Wildman–Crippen LogP) is 5.84. The number of aryl methyl sites for hydroxylation is 1. The van der Waals surface area contributed by atoms with Gasteiger partial charge in [0.25, 0.3) is 0 Å². The molecule has 3 aromatic heterocycles. The van der Waals surface area contributed by atoms with Crippen LogP contribution >= 0.6 is 23.4 Å². The third kappa shape index (κ3) is 3.97. The largest absolute Gasteiger partial charge is 0.496 e. The topological polar surface area (TPSA) is 57.2 Å². The first kappa shape index (κ1) is 20.6. The number of aromatic nitrogens is 5. The number of ether oxygens (including phenoxy) is 1. The van der Waals surface area contributed by atoms with Gasteiger partial charge in [0.15, 0.2) is 11.0 Å². The van der Waals surface area contributed by atoms with Crippen LogP contribution in [-0.4, -0.2) is 31.3 Å². The number of para-hydroxylation sites is 1. The second kappa shape index (κ2) is 8.68. The van der Waals surface area contributed by atoms with Crippen LogP contribution in [0.25, 0.3) is 22.7 Å². The number of halogens is 1. The lowest BCUT2D eigenvalue weighted by molar-refractivity contribution is 0.416. The lowest BCUT2D eigenvalue weighted by Crippen LogP contribution is -2.01. The standard InChI is InChI=1S/C24H20ClN5OS/c1-16-7-12-22-26-18(14-29(22)13-16)15-32-24-28-27-23(20-5-3-4-6-21(20)31-2)30(24)19-10-8-17(25)9-11-19/h3-14H,15H2,1-2H3. The number of rotatable bonds is 6. The third-order valence-electron chi connectivity index (χ3n) is 5.06. The number of benzene rings is 2. The van der Waals surface area contributed by atoms with E-state index in [0.29, 0.717) is 16.6 Å². The van der Waals surface area contributed by atoms with Crippen molar-refractivity contribution >= 4 is 29.0 Å². The maximum Gasteiger partial charge on any atom is 0.196 e. The molecule has 0 spiro atoms. The molecule has 0 aliphatic carbocycles. The van der Waals surface area contributed by atoms with E-state index in [1.54, 1.807) is 18.9 Å². The van der Waals surface area contributed by atoms with Gasteiger partial charge in [-0.25, -0.2) is 4.98 Å². The van der Waals surface area contributed by atoms with Gasteiger partial charge in [-0.05, 0) is 55.0 Å². The van der Waals surface area contributed by atoms with Gasteiger partial charge in [0.2, 0.25) is 0 Å². The zero-order valence-electron chi connectivity index (χ0n) is 17.6. The highest BCUT2D eigenvalue weighted by Crippen LogP contribution is 2.34. The van der Waals surface area contributed by atoms with Crippen LogP contribution in [0.3, 0.4) is 0 Å². The van der Waals surface area contributed by atoms with Crippen molar-refractivity contribution in [3.05, 3.63) is 89.3 Å². The molecule has 0 unspecified atom stereocenters. The molecule has 0 fully saturated rings. The molecule has 0 saturated heterocycles. The van der Waals surface area contributed by atoms with Gasteiger partial charge in [-0.2, -0.15) is 0 Å². The summed E-state index contributed by atoms with van der Waals surface area (Å²) in [5, 5.41) is 10.5. The molecule has 0 N–H and O–H groups in total. The van der Waals surface area contributed by atoms with Crippen molar-refractivity contribution in [2.24, 2.45) is 0 Å². The van der Waals surface area contributed by atoms with E-state index in [2.05, 4.69) is 40.0 Å². The van der Waals surface area contributed by atoms with Crippen molar-refractivity contribution in [2.75, 3.05) is 7.11 Å². The Balaban J connectivity index is 1.54. The normalized spacial score (nSPS) is 11.2. The van der Waals surface area contributed by atoms with Gasteiger partial charge in [-0.3, -0.25) is 4.57 Å². The molecule has 32 heavy (non-hydrogen) atoms. The molecule has 2 aromatic carbocycles. The fourth-order valence-electron chi connectivity index (χ4n) is 3.55. The van der Waals surface area contributed by atoms with Gasteiger partial charge in [-0.15, -0.1) is 10.2 Å². The zero-order valence-corrected chi connectivity index (χ0v) is 19.1. The Labute approximate surface area is 194 Å². The zero-order chi connectivity index (χ0) is 22.1. The lowest BCUT2D eigenvalue weighted by atomic mass is 10.2.